The number of aliphatic hydroxyl groups excluding tert-OH is 1. The van der Waals surface area contributed by atoms with Crippen molar-refractivity contribution in [1.29, 1.82) is 0 Å². The van der Waals surface area contributed by atoms with Crippen molar-refractivity contribution in [3.05, 3.63) is 63.7 Å². The molecule has 2 aromatic rings. The summed E-state index contributed by atoms with van der Waals surface area (Å²) in [5, 5.41) is 12.7. The van der Waals surface area contributed by atoms with Crippen LogP contribution in [0.5, 0.6) is 0 Å². The lowest BCUT2D eigenvalue weighted by molar-refractivity contribution is 0.287. The Balaban J connectivity index is 1.81. The van der Waals surface area contributed by atoms with Crippen LogP contribution >= 0.6 is 0 Å². The first-order valence-electron chi connectivity index (χ1n) is 11.0. The van der Waals surface area contributed by atoms with Gasteiger partial charge in [-0.25, -0.2) is 9.66 Å². The van der Waals surface area contributed by atoms with Crippen LogP contribution in [-0.2, 0) is 6.42 Å². The standard InChI is InChI=1S/C25H35N3O2/c1-6-23-26-21-15-8-7-14-20(21)24(30)27(23)28-22(17-29)25(28,5)16-10-13-19(4)12-9-11-18(2)3/h7-8,11,13-15,22,29H,6,9-10,12,16-17H2,1-5H3/b19-13+/t22-,25-,28?/m1/s1. The van der Waals surface area contributed by atoms with Gasteiger partial charge in [-0.15, -0.1) is 0 Å². The van der Waals surface area contributed by atoms with Gasteiger partial charge >= 0.3 is 0 Å². The summed E-state index contributed by atoms with van der Waals surface area (Å²) in [6, 6.07) is 7.42. The predicted octanol–water partition coefficient (Wildman–Crippen LogP) is 4.50. The van der Waals surface area contributed by atoms with Crippen LogP contribution in [-0.4, -0.2) is 33.0 Å². The van der Waals surface area contributed by atoms with Gasteiger partial charge in [-0.3, -0.25) is 9.80 Å². The monoisotopic (exact) mass is 409 g/mol. The number of benzene rings is 1. The number of aliphatic hydroxyl groups is 1. The van der Waals surface area contributed by atoms with Crippen LogP contribution in [0.15, 0.2) is 52.4 Å². The van der Waals surface area contributed by atoms with E-state index in [2.05, 4.69) is 39.8 Å². The molecule has 1 fully saturated rings. The van der Waals surface area contributed by atoms with Gasteiger partial charge in [-0.05, 0) is 65.5 Å². The molecular weight excluding hydrogens is 374 g/mol. The minimum atomic E-state index is -0.247. The summed E-state index contributed by atoms with van der Waals surface area (Å²) in [5.41, 5.74) is 3.18. The van der Waals surface area contributed by atoms with E-state index < -0.39 is 0 Å². The zero-order valence-corrected chi connectivity index (χ0v) is 19.0. The van der Waals surface area contributed by atoms with Crippen LogP contribution in [0.4, 0.5) is 0 Å². The number of rotatable bonds is 9. The lowest BCUT2D eigenvalue weighted by Crippen LogP contribution is -2.37. The number of aryl methyl sites for hydroxylation is 1. The molecule has 2 heterocycles. The smallest absolute Gasteiger partial charge is 0.280 e. The molecule has 1 aliphatic heterocycles. The lowest BCUT2D eigenvalue weighted by Gasteiger charge is -2.18. The highest BCUT2D eigenvalue weighted by Crippen LogP contribution is 2.42. The molecule has 3 rings (SSSR count). The Hall–Kier alpha value is -2.40. The van der Waals surface area contributed by atoms with Gasteiger partial charge in [-0.1, -0.05) is 42.4 Å². The molecule has 1 aliphatic rings. The van der Waals surface area contributed by atoms with E-state index in [0.717, 1.165) is 37.0 Å². The fourth-order valence-corrected chi connectivity index (χ4v) is 4.33. The quantitative estimate of drug-likeness (QED) is 0.489. The van der Waals surface area contributed by atoms with Crippen molar-refractivity contribution in [3.63, 3.8) is 0 Å². The van der Waals surface area contributed by atoms with Gasteiger partial charge in [0.05, 0.1) is 29.1 Å². The third-order valence-electron chi connectivity index (χ3n) is 6.23. The SMILES string of the molecule is CCc1nc2ccccc2c(=O)n1N1[C@H](CO)[C@@]1(C)CC/C=C(\C)CCC=C(C)C. The summed E-state index contributed by atoms with van der Waals surface area (Å²) >= 11 is 0. The second-order valence-electron chi connectivity index (χ2n) is 8.83. The van der Waals surface area contributed by atoms with Crippen LogP contribution in [0.2, 0.25) is 0 Å². The first-order valence-corrected chi connectivity index (χ1v) is 11.0. The molecule has 5 heteroatoms. The summed E-state index contributed by atoms with van der Waals surface area (Å²) < 4.78 is 1.72. The van der Waals surface area contributed by atoms with Crippen LogP contribution in [0.25, 0.3) is 10.9 Å². The number of hydrogen-bond acceptors (Lipinski definition) is 4. The number of aromatic nitrogens is 2. The maximum absolute atomic E-state index is 13.3. The van der Waals surface area contributed by atoms with E-state index in [1.54, 1.807) is 4.68 Å². The minimum absolute atomic E-state index is 0.0299. The molecule has 30 heavy (non-hydrogen) atoms. The van der Waals surface area contributed by atoms with Gasteiger partial charge in [0.2, 0.25) is 0 Å². The van der Waals surface area contributed by atoms with Gasteiger partial charge in [0.15, 0.2) is 0 Å². The van der Waals surface area contributed by atoms with Gasteiger partial charge in [0.25, 0.3) is 5.56 Å². The Bertz CT molecular complexity index is 1020. The molecule has 162 valence electrons. The van der Waals surface area contributed by atoms with Crippen molar-refractivity contribution < 1.29 is 5.11 Å². The first-order chi connectivity index (χ1) is 14.3. The maximum Gasteiger partial charge on any atom is 0.280 e. The Labute approximate surface area is 179 Å². The first kappa shape index (κ1) is 22.3. The average Bonchev–Trinajstić information content (AvgIpc) is 3.30. The Morgan fingerprint density at radius 2 is 1.93 bits per heavy atom. The highest BCUT2D eigenvalue weighted by Gasteiger charge is 2.59. The molecule has 0 unspecified atom stereocenters. The molecule has 2 atom stereocenters. The fraction of sp³-hybridized carbons (Fsp3) is 0.520. The van der Waals surface area contributed by atoms with Gasteiger partial charge in [0.1, 0.15) is 5.82 Å². The maximum atomic E-state index is 13.3. The number of allylic oxidation sites excluding steroid dienone is 4. The fourth-order valence-electron chi connectivity index (χ4n) is 4.33. The van der Waals surface area contributed by atoms with Gasteiger partial charge in [-0.2, -0.15) is 0 Å². The van der Waals surface area contributed by atoms with Crippen LogP contribution in [0.1, 0.15) is 66.1 Å². The van der Waals surface area contributed by atoms with Crippen molar-refractivity contribution in [1.82, 2.24) is 9.66 Å². The number of hydrogen-bond donors (Lipinski definition) is 1. The van der Waals surface area contributed by atoms with E-state index in [9.17, 15) is 9.90 Å². The zero-order valence-electron chi connectivity index (χ0n) is 19.0. The van der Waals surface area contributed by atoms with E-state index in [1.165, 1.54) is 11.1 Å². The van der Waals surface area contributed by atoms with Gasteiger partial charge < -0.3 is 5.11 Å². The molecule has 0 radical (unpaired) electrons. The summed E-state index contributed by atoms with van der Waals surface area (Å²) in [5.74, 6) is 0.745. The molecule has 0 bridgehead atoms. The van der Waals surface area contributed by atoms with E-state index in [-0.39, 0.29) is 23.7 Å². The van der Waals surface area contributed by atoms with E-state index >= 15 is 0 Å². The van der Waals surface area contributed by atoms with Crippen LogP contribution in [0, 0.1) is 0 Å². The highest BCUT2D eigenvalue weighted by atomic mass is 16.3. The molecular formula is C25H35N3O2. The zero-order chi connectivity index (χ0) is 21.9. The molecule has 1 saturated heterocycles. The summed E-state index contributed by atoms with van der Waals surface area (Å²) in [6.07, 6.45) is 9.20. The predicted molar refractivity (Wildman–Crippen MR) is 125 cm³/mol. The highest BCUT2D eigenvalue weighted by molar-refractivity contribution is 5.77. The summed E-state index contributed by atoms with van der Waals surface area (Å²) in [7, 11) is 0. The number of nitrogens with zero attached hydrogens (tertiary/aromatic N) is 3. The summed E-state index contributed by atoms with van der Waals surface area (Å²) in [6.45, 7) is 10.6. The van der Waals surface area contributed by atoms with Crippen molar-refractivity contribution in [2.24, 2.45) is 0 Å². The molecule has 0 aliphatic carbocycles. The number of para-hydroxylation sites is 1. The summed E-state index contributed by atoms with van der Waals surface area (Å²) in [4.78, 5) is 18.0. The van der Waals surface area contributed by atoms with E-state index in [1.807, 2.05) is 36.2 Å². The van der Waals surface area contributed by atoms with E-state index in [0.29, 0.717) is 11.8 Å². The third-order valence-corrected chi connectivity index (χ3v) is 6.23. The molecule has 1 aromatic heterocycles. The molecule has 5 nitrogen and oxygen atoms in total. The van der Waals surface area contributed by atoms with E-state index in [4.69, 9.17) is 4.98 Å². The van der Waals surface area contributed by atoms with Crippen LogP contribution < -0.4 is 10.6 Å². The van der Waals surface area contributed by atoms with Crippen molar-refractivity contribution >= 4 is 10.9 Å². The largest absolute Gasteiger partial charge is 0.394 e. The second kappa shape index (κ2) is 9.17. The Kier molecular flexibility index (Phi) is 6.81. The number of fused-ring (bicyclic) bond motifs is 1. The van der Waals surface area contributed by atoms with Crippen LogP contribution in [0.3, 0.4) is 0 Å². The minimum Gasteiger partial charge on any atom is -0.394 e. The normalized spacial score (nSPS) is 21.2. The van der Waals surface area contributed by atoms with Crippen molar-refractivity contribution in [2.45, 2.75) is 78.3 Å². The Morgan fingerprint density at radius 3 is 2.60 bits per heavy atom. The Morgan fingerprint density at radius 1 is 1.20 bits per heavy atom. The van der Waals surface area contributed by atoms with Gasteiger partial charge in [0, 0.05) is 6.42 Å². The molecule has 0 amide bonds. The molecule has 1 aromatic carbocycles. The van der Waals surface area contributed by atoms with Crippen molar-refractivity contribution in [3.8, 4) is 0 Å². The molecule has 0 saturated carbocycles. The topological polar surface area (TPSA) is 58.1 Å². The third kappa shape index (κ3) is 4.36. The second-order valence-corrected chi connectivity index (χ2v) is 8.83. The molecule has 0 spiro atoms. The lowest BCUT2D eigenvalue weighted by atomic mass is 9.99. The average molecular weight is 410 g/mol. The molecule has 1 N–H and O–H groups in total. The van der Waals surface area contributed by atoms with Crippen molar-refractivity contribution in [2.75, 3.05) is 11.6 Å².